The van der Waals surface area contributed by atoms with E-state index < -0.39 is 0 Å². The van der Waals surface area contributed by atoms with Crippen LogP contribution in [0.5, 0.6) is 0 Å². The van der Waals surface area contributed by atoms with E-state index in [0.717, 1.165) is 28.7 Å². The van der Waals surface area contributed by atoms with Gasteiger partial charge in [0.2, 0.25) is 0 Å². The van der Waals surface area contributed by atoms with Crippen LogP contribution in [-0.2, 0) is 0 Å². The van der Waals surface area contributed by atoms with Gasteiger partial charge in [0.05, 0.1) is 5.69 Å². The van der Waals surface area contributed by atoms with Crippen LogP contribution in [0.3, 0.4) is 0 Å². The summed E-state index contributed by atoms with van der Waals surface area (Å²) in [5, 5.41) is 4.49. The van der Waals surface area contributed by atoms with Crippen LogP contribution in [0.2, 0.25) is 0 Å². The van der Waals surface area contributed by atoms with E-state index in [1.54, 1.807) is 0 Å². The minimum absolute atomic E-state index is 0.321. The van der Waals surface area contributed by atoms with Crippen LogP contribution in [-0.4, -0.2) is 16.1 Å². The number of hydrogen-bond donors (Lipinski definition) is 0. The first-order valence-electron chi connectivity index (χ1n) is 6.15. The summed E-state index contributed by atoms with van der Waals surface area (Å²) in [6, 6.07) is 6.18. The van der Waals surface area contributed by atoms with Crippen molar-refractivity contribution in [3.8, 4) is 11.1 Å². The number of nitrogens with zero attached hydrogens (tertiary/aromatic N) is 2. The molecule has 0 bridgehead atoms. The number of rotatable bonds is 3. The Hall–Kier alpha value is -1.90. The van der Waals surface area contributed by atoms with Crippen molar-refractivity contribution >= 4 is 6.29 Å². The van der Waals surface area contributed by atoms with Crippen molar-refractivity contribution in [1.29, 1.82) is 0 Å². The molecule has 0 saturated heterocycles. The summed E-state index contributed by atoms with van der Waals surface area (Å²) in [6.07, 6.45) is 2.92. The van der Waals surface area contributed by atoms with E-state index in [0.29, 0.717) is 11.6 Å². The highest BCUT2D eigenvalue weighted by Crippen LogP contribution is 2.27. The SMILES string of the molecule is Cc1ccc(C=O)c(-c2cn(C(C)C)nc2C)c1. The molecule has 0 radical (unpaired) electrons. The molecule has 3 nitrogen and oxygen atoms in total. The molecule has 2 aromatic rings. The van der Waals surface area contributed by atoms with Gasteiger partial charge in [-0.05, 0) is 33.3 Å². The molecule has 2 rings (SSSR count). The second kappa shape index (κ2) is 4.77. The molecule has 3 heteroatoms. The zero-order valence-corrected chi connectivity index (χ0v) is 11.3. The molecule has 0 unspecified atom stereocenters. The van der Waals surface area contributed by atoms with E-state index in [2.05, 4.69) is 18.9 Å². The van der Waals surface area contributed by atoms with Crippen LogP contribution in [0.25, 0.3) is 11.1 Å². The van der Waals surface area contributed by atoms with E-state index in [1.807, 2.05) is 42.9 Å². The summed E-state index contributed by atoms with van der Waals surface area (Å²) in [5.41, 5.74) is 4.82. The van der Waals surface area contributed by atoms with Crippen molar-refractivity contribution in [3.63, 3.8) is 0 Å². The highest BCUT2D eigenvalue weighted by atomic mass is 16.1. The molecule has 18 heavy (non-hydrogen) atoms. The molecular weight excluding hydrogens is 224 g/mol. The van der Waals surface area contributed by atoms with Gasteiger partial charge in [0.1, 0.15) is 0 Å². The zero-order chi connectivity index (χ0) is 13.3. The maximum absolute atomic E-state index is 11.1. The molecule has 0 atom stereocenters. The number of benzene rings is 1. The van der Waals surface area contributed by atoms with Crippen LogP contribution < -0.4 is 0 Å². The number of carbonyl (C=O) groups is 1. The molecule has 1 heterocycles. The maximum Gasteiger partial charge on any atom is 0.150 e. The van der Waals surface area contributed by atoms with Gasteiger partial charge in [-0.2, -0.15) is 5.10 Å². The van der Waals surface area contributed by atoms with Gasteiger partial charge in [-0.1, -0.05) is 23.8 Å². The third kappa shape index (κ3) is 2.21. The van der Waals surface area contributed by atoms with Crippen molar-refractivity contribution < 1.29 is 4.79 Å². The van der Waals surface area contributed by atoms with Gasteiger partial charge in [0, 0.05) is 23.4 Å². The van der Waals surface area contributed by atoms with Crippen molar-refractivity contribution in [2.24, 2.45) is 0 Å². The third-order valence-electron chi connectivity index (χ3n) is 3.07. The van der Waals surface area contributed by atoms with Gasteiger partial charge in [-0.25, -0.2) is 0 Å². The Morgan fingerprint density at radius 1 is 1.22 bits per heavy atom. The van der Waals surface area contributed by atoms with E-state index in [4.69, 9.17) is 0 Å². The summed E-state index contributed by atoms with van der Waals surface area (Å²) in [7, 11) is 0. The monoisotopic (exact) mass is 242 g/mol. The summed E-state index contributed by atoms with van der Waals surface area (Å²) in [6.45, 7) is 8.19. The Morgan fingerprint density at radius 2 is 1.94 bits per heavy atom. The van der Waals surface area contributed by atoms with E-state index in [-0.39, 0.29) is 0 Å². The number of hydrogen-bond acceptors (Lipinski definition) is 2. The first-order chi connectivity index (χ1) is 8.52. The van der Waals surface area contributed by atoms with Crippen LogP contribution in [0, 0.1) is 13.8 Å². The average molecular weight is 242 g/mol. The topological polar surface area (TPSA) is 34.9 Å². The minimum atomic E-state index is 0.321. The lowest BCUT2D eigenvalue weighted by Crippen LogP contribution is -2.00. The summed E-state index contributed by atoms with van der Waals surface area (Å²) in [4.78, 5) is 11.1. The highest BCUT2D eigenvalue weighted by molar-refractivity contribution is 5.88. The summed E-state index contributed by atoms with van der Waals surface area (Å²) >= 11 is 0. The lowest BCUT2D eigenvalue weighted by Gasteiger charge is -2.05. The fraction of sp³-hybridized carbons (Fsp3) is 0.333. The Morgan fingerprint density at radius 3 is 2.50 bits per heavy atom. The average Bonchev–Trinajstić information content (AvgIpc) is 2.71. The zero-order valence-electron chi connectivity index (χ0n) is 11.3. The fourth-order valence-corrected chi connectivity index (χ4v) is 2.02. The maximum atomic E-state index is 11.1. The fourth-order valence-electron chi connectivity index (χ4n) is 2.02. The quantitative estimate of drug-likeness (QED) is 0.771. The predicted octanol–water partition coefficient (Wildman–Crippen LogP) is 3.56. The lowest BCUT2D eigenvalue weighted by molar-refractivity contribution is 0.112. The normalized spacial score (nSPS) is 10.9. The van der Waals surface area contributed by atoms with E-state index in [9.17, 15) is 4.79 Å². The molecule has 0 saturated carbocycles. The second-order valence-electron chi connectivity index (χ2n) is 4.91. The summed E-state index contributed by atoms with van der Waals surface area (Å²) in [5.74, 6) is 0. The van der Waals surface area contributed by atoms with Crippen molar-refractivity contribution in [3.05, 3.63) is 41.2 Å². The van der Waals surface area contributed by atoms with Gasteiger partial charge >= 0.3 is 0 Å². The first kappa shape index (κ1) is 12.6. The number of aryl methyl sites for hydroxylation is 2. The molecule has 0 fully saturated rings. The van der Waals surface area contributed by atoms with Crippen molar-refractivity contribution in [2.45, 2.75) is 33.7 Å². The molecule has 0 amide bonds. The largest absolute Gasteiger partial charge is 0.298 e. The second-order valence-corrected chi connectivity index (χ2v) is 4.91. The molecular formula is C15H18N2O. The lowest BCUT2D eigenvalue weighted by atomic mass is 9.99. The summed E-state index contributed by atoms with van der Waals surface area (Å²) < 4.78 is 1.93. The minimum Gasteiger partial charge on any atom is -0.298 e. The predicted molar refractivity (Wildman–Crippen MR) is 72.9 cm³/mol. The Kier molecular flexibility index (Phi) is 3.32. The first-order valence-corrected chi connectivity index (χ1v) is 6.15. The Bertz CT molecular complexity index is 582. The van der Waals surface area contributed by atoms with Gasteiger partial charge in [0.25, 0.3) is 0 Å². The molecule has 1 aromatic carbocycles. The molecule has 0 aliphatic rings. The molecule has 0 spiro atoms. The number of aromatic nitrogens is 2. The van der Waals surface area contributed by atoms with E-state index in [1.165, 1.54) is 0 Å². The van der Waals surface area contributed by atoms with Crippen molar-refractivity contribution in [2.75, 3.05) is 0 Å². The molecule has 0 aliphatic heterocycles. The van der Waals surface area contributed by atoms with Gasteiger partial charge in [0.15, 0.2) is 6.29 Å². The third-order valence-corrected chi connectivity index (χ3v) is 3.07. The Labute approximate surface area is 107 Å². The molecule has 1 aromatic heterocycles. The van der Waals surface area contributed by atoms with E-state index >= 15 is 0 Å². The smallest absolute Gasteiger partial charge is 0.150 e. The molecule has 0 aliphatic carbocycles. The molecule has 94 valence electrons. The van der Waals surface area contributed by atoms with Crippen LogP contribution in [0.4, 0.5) is 0 Å². The number of aldehydes is 1. The van der Waals surface area contributed by atoms with Crippen molar-refractivity contribution in [1.82, 2.24) is 9.78 Å². The number of carbonyl (C=O) groups excluding carboxylic acids is 1. The molecule has 0 N–H and O–H groups in total. The van der Waals surface area contributed by atoms with Crippen LogP contribution in [0.1, 0.15) is 41.5 Å². The van der Waals surface area contributed by atoms with Crippen LogP contribution in [0.15, 0.2) is 24.4 Å². The highest BCUT2D eigenvalue weighted by Gasteiger charge is 2.12. The van der Waals surface area contributed by atoms with Gasteiger partial charge in [-0.15, -0.1) is 0 Å². The van der Waals surface area contributed by atoms with Gasteiger partial charge < -0.3 is 0 Å². The Balaban J connectivity index is 2.60. The van der Waals surface area contributed by atoms with Crippen LogP contribution >= 0.6 is 0 Å². The standard InChI is InChI=1S/C15H18N2O/c1-10(2)17-8-15(12(4)16-17)14-7-11(3)5-6-13(14)9-18/h5-10H,1-4H3. The van der Waals surface area contributed by atoms with Gasteiger partial charge in [-0.3, -0.25) is 9.48 Å².